The van der Waals surface area contributed by atoms with Crippen molar-refractivity contribution in [1.29, 1.82) is 0 Å². The highest BCUT2D eigenvalue weighted by molar-refractivity contribution is 6.33. The number of aromatic nitrogens is 3. The fourth-order valence-corrected chi connectivity index (χ4v) is 3.99. The summed E-state index contributed by atoms with van der Waals surface area (Å²) in [5.41, 5.74) is 1.96. The van der Waals surface area contributed by atoms with Crippen molar-refractivity contribution in [2.45, 2.75) is 20.4 Å². The summed E-state index contributed by atoms with van der Waals surface area (Å²) in [5, 5.41) is 4.95. The van der Waals surface area contributed by atoms with Gasteiger partial charge in [0.25, 0.3) is 0 Å². The second-order valence-corrected chi connectivity index (χ2v) is 7.71. The van der Waals surface area contributed by atoms with E-state index in [4.69, 9.17) is 16.1 Å². The van der Waals surface area contributed by atoms with E-state index in [-0.39, 0.29) is 0 Å². The van der Waals surface area contributed by atoms with E-state index >= 15 is 0 Å². The minimum Gasteiger partial charge on any atom is -0.368 e. The van der Waals surface area contributed by atoms with E-state index in [1.807, 2.05) is 36.5 Å². The Hall–Kier alpha value is -2.64. The molecule has 3 aromatic rings. The third-order valence-corrected chi connectivity index (χ3v) is 5.81. The molecule has 0 N–H and O–H groups in total. The highest BCUT2D eigenvalue weighted by Gasteiger charge is 2.21. The summed E-state index contributed by atoms with van der Waals surface area (Å²) < 4.78 is 5.50. The first-order chi connectivity index (χ1) is 14.7. The number of hydrogen-bond acceptors (Lipinski definition) is 7. The van der Waals surface area contributed by atoms with Gasteiger partial charge in [0.05, 0.1) is 17.3 Å². The van der Waals surface area contributed by atoms with E-state index in [0.29, 0.717) is 18.3 Å². The normalized spacial score (nSPS) is 14.8. The first-order valence-electron chi connectivity index (χ1n) is 10.4. The van der Waals surface area contributed by atoms with E-state index < -0.39 is 0 Å². The quantitative estimate of drug-likeness (QED) is 0.566. The molecule has 3 heterocycles. The van der Waals surface area contributed by atoms with Crippen molar-refractivity contribution in [3.8, 4) is 11.4 Å². The second-order valence-electron chi connectivity index (χ2n) is 7.30. The number of nitrogens with zero attached hydrogens (tertiary/aromatic N) is 6. The minimum absolute atomic E-state index is 0.582. The lowest BCUT2D eigenvalue weighted by Gasteiger charge is -2.35. The summed E-state index contributed by atoms with van der Waals surface area (Å²) in [6.45, 7) is 10.4. The maximum atomic E-state index is 6.33. The van der Waals surface area contributed by atoms with Gasteiger partial charge in [-0.1, -0.05) is 28.9 Å². The standard InChI is InChI=1S/C22H27ClN6O/c1-3-28(4-2)20-10-9-17(15-24-20)22-25-21(30-26-22)16-27-11-13-29(14-12-27)19-8-6-5-7-18(19)23/h5-10,15H,3-4,11-14,16H2,1-2H3. The van der Waals surface area contributed by atoms with Crippen molar-refractivity contribution >= 4 is 23.1 Å². The SMILES string of the molecule is CCN(CC)c1ccc(-c2noc(CN3CCN(c4ccccc4Cl)CC3)n2)cn1. The van der Waals surface area contributed by atoms with Crippen LogP contribution in [0.25, 0.3) is 11.4 Å². The molecule has 1 saturated heterocycles. The minimum atomic E-state index is 0.582. The molecule has 0 saturated carbocycles. The molecule has 30 heavy (non-hydrogen) atoms. The Morgan fingerprint density at radius 2 is 1.80 bits per heavy atom. The number of pyridine rings is 1. The zero-order valence-corrected chi connectivity index (χ0v) is 18.2. The molecule has 1 aromatic carbocycles. The Balaban J connectivity index is 1.35. The number of para-hydroxylation sites is 1. The Labute approximate surface area is 182 Å². The molecule has 1 aliphatic heterocycles. The first kappa shape index (κ1) is 20.6. The average Bonchev–Trinajstić information content (AvgIpc) is 3.25. The van der Waals surface area contributed by atoms with Crippen LogP contribution in [0.2, 0.25) is 5.02 Å². The number of halogens is 1. The largest absolute Gasteiger partial charge is 0.368 e. The van der Waals surface area contributed by atoms with E-state index in [0.717, 1.165) is 61.4 Å². The van der Waals surface area contributed by atoms with Gasteiger partial charge < -0.3 is 14.3 Å². The smallest absolute Gasteiger partial charge is 0.241 e. The molecular formula is C22H27ClN6O. The fraction of sp³-hybridized carbons (Fsp3) is 0.409. The van der Waals surface area contributed by atoms with Crippen LogP contribution in [0.4, 0.5) is 11.5 Å². The van der Waals surface area contributed by atoms with Crippen molar-refractivity contribution in [2.75, 3.05) is 49.1 Å². The van der Waals surface area contributed by atoms with Crippen molar-refractivity contribution in [2.24, 2.45) is 0 Å². The molecule has 7 nitrogen and oxygen atoms in total. The number of hydrogen-bond donors (Lipinski definition) is 0. The molecular weight excluding hydrogens is 400 g/mol. The summed E-state index contributed by atoms with van der Waals surface area (Å²) in [5.74, 6) is 2.17. The van der Waals surface area contributed by atoms with Crippen LogP contribution in [-0.4, -0.2) is 59.3 Å². The predicted molar refractivity (Wildman–Crippen MR) is 120 cm³/mol. The van der Waals surface area contributed by atoms with E-state index in [9.17, 15) is 0 Å². The lowest BCUT2D eigenvalue weighted by molar-refractivity contribution is 0.215. The number of piperazine rings is 1. The van der Waals surface area contributed by atoms with Gasteiger partial charge in [0.2, 0.25) is 11.7 Å². The van der Waals surface area contributed by atoms with Gasteiger partial charge in [-0.25, -0.2) is 4.98 Å². The predicted octanol–water partition coefficient (Wildman–Crippen LogP) is 3.95. The molecule has 1 fully saturated rings. The van der Waals surface area contributed by atoms with Crippen LogP contribution in [0, 0.1) is 0 Å². The van der Waals surface area contributed by atoms with Crippen LogP contribution in [0.1, 0.15) is 19.7 Å². The average molecular weight is 427 g/mol. The van der Waals surface area contributed by atoms with Gasteiger partial charge in [0.15, 0.2) is 0 Å². The van der Waals surface area contributed by atoms with E-state index in [1.165, 1.54) is 0 Å². The van der Waals surface area contributed by atoms with Gasteiger partial charge in [-0.05, 0) is 38.1 Å². The van der Waals surface area contributed by atoms with Crippen molar-refractivity contribution in [1.82, 2.24) is 20.0 Å². The Kier molecular flexibility index (Phi) is 6.50. The van der Waals surface area contributed by atoms with Crippen LogP contribution < -0.4 is 9.80 Å². The van der Waals surface area contributed by atoms with Crippen LogP contribution in [0.3, 0.4) is 0 Å². The molecule has 1 aliphatic rings. The molecule has 0 bridgehead atoms. The maximum Gasteiger partial charge on any atom is 0.241 e. The lowest BCUT2D eigenvalue weighted by atomic mass is 10.2. The monoisotopic (exact) mass is 426 g/mol. The molecule has 0 unspecified atom stereocenters. The summed E-state index contributed by atoms with van der Waals surface area (Å²) in [6, 6.07) is 12.0. The van der Waals surface area contributed by atoms with Gasteiger partial charge in [0.1, 0.15) is 5.82 Å². The zero-order valence-electron chi connectivity index (χ0n) is 17.5. The molecule has 0 amide bonds. The first-order valence-corrected chi connectivity index (χ1v) is 10.8. The number of anilines is 2. The van der Waals surface area contributed by atoms with Crippen LogP contribution in [0.15, 0.2) is 47.1 Å². The van der Waals surface area contributed by atoms with Crippen molar-refractivity contribution < 1.29 is 4.52 Å². The number of rotatable bonds is 7. The van der Waals surface area contributed by atoms with Gasteiger partial charge in [0, 0.05) is 51.0 Å². The molecule has 0 radical (unpaired) electrons. The highest BCUT2D eigenvalue weighted by Crippen LogP contribution is 2.26. The molecule has 158 valence electrons. The van der Waals surface area contributed by atoms with Crippen LogP contribution in [-0.2, 0) is 6.54 Å². The molecule has 2 aromatic heterocycles. The maximum absolute atomic E-state index is 6.33. The summed E-state index contributed by atoms with van der Waals surface area (Å²) in [6.07, 6.45) is 1.81. The third kappa shape index (κ3) is 4.57. The van der Waals surface area contributed by atoms with Crippen LogP contribution in [0.5, 0.6) is 0 Å². The van der Waals surface area contributed by atoms with Gasteiger partial charge in [-0.15, -0.1) is 0 Å². The lowest BCUT2D eigenvalue weighted by Crippen LogP contribution is -2.46. The van der Waals surface area contributed by atoms with Crippen molar-refractivity contribution in [3.05, 3.63) is 53.5 Å². The van der Waals surface area contributed by atoms with Gasteiger partial charge in [-0.2, -0.15) is 4.98 Å². The topological polar surface area (TPSA) is 61.5 Å². The van der Waals surface area contributed by atoms with Crippen LogP contribution >= 0.6 is 11.6 Å². The molecule has 0 spiro atoms. The second kappa shape index (κ2) is 9.45. The molecule has 0 aliphatic carbocycles. The molecule has 4 rings (SSSR count). The number of benzene rings is 1. The van der Waals surface area contributed by atoms with Gasteiger partial charge >= 0.3 is 0 Å². The zero-order chi connectivity index (χ0) is 20.9. The Morgan fingerprint density at radius 3 is 2.47 bits per heavy atom. The fourth-order valence-electron chi connectivity index (χ4n) is 3.74. The molecule has 8 heteroatoms. The van der Waals surface area contributed by atoms with Gasteiger partial charge in [-0.3, -0.25) is 4.90 Å². The molecule has 0 atom stereocenters. The highest BCUT2D eigenvalue weighted by atomic mass is 35.5. The van der Waals surface area contributed by atoms with E-state index in [2.05, 4.69) is 49.7 Å². The Morgan fingerprint density at radius 1 is 1.03 bits per heavy atom. The van der Waals surface area contributed by atoms with E-state index in [1.54, 1.807) is 0 Å². The summed E-state index contributed by atoms with van der Waals surface area (Å²) in [4.78, 5) is 16.0. The Bertz CT molecular complexity index is 948. The summed E-state index contributed by atoms with van der Waals surface area (Å²) >= 11 is 6.33. The van der Waals surface area contributed by atoms with Crippen molar-refractivity contribution in [3.63, 3.8) is 0 Å². The summed E-state index contributed by atoms with van der Waals surface area (Å²) in [7, 11) is 0. The third-order valence-electron chi connectivity index (χ3n) is 5.49.